The molecule has 0 fully saturated rings. The maximum atomic E-state index is 5.80. The van der Waals surface area contributed by atoms with Gasteiger partial charge in [0.15, 0.2) is 0 Å². The molecule has 0 unspecified atom stereocenters. The van der Waals surface area contributed by atoms with Crippen LogP contribution in [0.2, 0.25) is 5.15 Å². The zero-order valence-electron chi connectivity index (χ0n) is 7.11. The molecule has 0 bridgehead atoms. The summed E-state index contributed by atoms with van der Waals surface area (Å²) in [7, 11) is 0. The van der Waals surface area contributed by atoms with Gasteiger partial charge < -0.3 is 0 Å². The molecule has 0 atom stereocenters. The molecule has 2 aromatic rings. The van der Waals surface area contributed by atoms with E-state index < -0.39 is 0 Å². The van der Waals surface area contributed by atoms with Gasteiger partial charge in [0.1, 0.15) is 5.15 Å². The molecule has 2 aromatic heterocycles. The molecule has 66 valence electrons. The number of nitrogens with zero attached hydrogens (tertiary/aromatic N) is 3. The van der Waals surface area contributed by atoms with Gasteiger partial charge in [-0.15, -0.1) is 0 Å². The maximum absolute atomic E-state index is 5.80. The van der Waals surface area contributed by atoms with E-state index >= 15 is 0 Å². The predicted octanol–water partition coefficient (Wildman–Crippen LogP) is 2.23. The number of aryl methyl sites for hydroxylation is 1. The summed E-state index contributed by atoms with van der Waals surface area (Å²) in [5.41, 5.74) is 0.865. The number of hydrogen-bond acceptors (Lipinski definition) is 2. The van der Waals surface area contributed by atoms with Gasteiger partial charge in [-0.25, -0.2) is 9.97 Å². The Hall–Kier alpha value is -1.35. The maximum Gasteiger partial charge on any atom is 0.235 e. The first-order valence-electron chi connectivity index (χ1n) is 3.90. The molecular weight excluding hydrogens is 186 g/mol. The van der Waals surface area contributed by atoms with Crippen molar-refractivity contribution in [2.45, 2.75) is 6.92 Å². The third kappa shape index (κ3) is 1.70. The van der Waals surface area contributed by atoms with Gasteiger partial charge in [-0.3, -0.25) is 4.57 Å². The number of rotatable bonds is 1. The minimum atomic E-state index is 0.469. The Bertz CT molecular complexity index is 389. The van der Waals surface area contributed by atoms with E-state index in [-0.39, 0.29) is 0 Å². The van der Waals surface area contributed by atoms with Crippen molar-refractivity contribution in [3.05, 3.63) is 41.4 Å². The Morgan fingerprint density at radius 1 is 1.23 bits per heavy atom. The summed E-state index contributed by atoms with van der Waals surface area (Å²) in [6, 6.07) is 5.56. The Labute approximate surface area is 81.0 Å². The summed E-state index contributed by atoms with van der Waals surface area (Å²) in [4.78, 5) is 8.34. The molecular formula is C9H8ClN3. The van der Waals surface area contributed by atoms with Crippen molar-refractivity contribution in [1.29, 1.82) is 0 Å². The fourth-order valence-electron chi connectivity index (χ4n) is 1.10. The van der Waals surface area contributed by atoms with E-state index in [1.807, 2.05) is 36.0 Å². The normalized spacial score (nSPS) is 10.3. The highest BCUT2D eigenvalue weighted by Crippen LogP contribution is 2.09. The van der Waals surface area contributed by atoms with E-state index in [0.29, 0.717) is 11.1 Å². The summed E-state index contributed by atoms with van der Waals surface area (Å²) in [6.07, 6.45) is 3.76. The van der Waals surface area contributed by atoms with Crippen LogP contribution < -0.4 is 0 Å². The lowest BCUT2D eigenvalue weighted by Crippen LogP contribution is -1.99. The van der Waals surface area contributed by atoms with E-state index in [4.69, 9.17) is 11.6 Å². The highest BCUT2D eigenvalue weighted by molar-refractivity contribution is 6.29. The largest absolute Gasteiger partial charge is 0.293 e. The van der Waals surface area contributed by atoms with Crippen LogP contribution in [-0.2, 0) is 0 Å². The van der Waals surface area contributed by atoms with Gasteiger partial charge in [-0.1, -0.05) is 11.6 Å². The van der Waals surface area contributed by atoms with Crippen molar-refractivity contribution in [2.24, 2.45) is 0 Å². The lowest BCUT2D eigenvalue weighted by atomic mass is 10.5. The second-order valence-corrected chi connectivity index (χ2v) is 3.11. The van der Waals surface area contributed by atoms with Crippen LogP contribution >= 0.6 is 11.6 Å². The van der Waals surface area contributed by atoms with Crippen molar-refractivity contribution in [1.82, 2.24) is 14.5 Å². The molecule has 4 heteroatoms. The average molecular weight is 194 g/mol. The zero-order valence-corrected chi connectivity index (χ0v) is 7.86. The van der Waals surface area contributed by atoms with Crippen molar-refractivity contribution >= 4 is 11.6 Å². The molecule has 0 saturated carbocycles. The Kier molecular flexibility index (Phi) is 2.02. The molecule has 0 saturated heterocycles. The summed E-state index contributed by atoms with van der Waals surface area (Å²) < 4.78 is 1.82. The summed E-state index contributed by atoms with van der Waals surface area (Å²) >= 11 is 5.80. The summed E-state index contributed by atoms with van der Waals surface area (Å²) in [5, 5.41) is 0.469. The van der Waals surface area contributed by atoms with E-state index in [9.17, 15) is 0 Å². The smallest absolute Gasteiger partial charge is 0.235 e. The summed E-state index contributed by atoms with van der Waals surface area (Å²) in [5.74, 6) is 0.606. The second kappa shape index (κ2) is 3.18. The van der Waals surface area contributed by atoms with Crippen LogP contribution in [0.4, 0.5) is 0 Å². The molecule has 13 heavy (non-hydrogen) atoms. The highest BCUT2D eigenvalue weighted by atomic mass is 35.5. The Morgan fingerprint density at radius 2 is 1.92 bits per heavy atom. The topological polar surface area (TPSA) is 30.7 Å². The number of halogens is 1. The third-order valence-electron chi connectivity index (χ3n) is 1.65. The molecule has 0 aliphatic rings. The minimum Gasteiger partial charge on any atom is -0.293 e. The van der Waals surface area contributed by atoms with Crippen LogP contribution in [0.3, 0.4) is 0 Å². The monoisotopic (exact) mass is 193 g/mol. The van der Waals surface area contributed by atoms with Gasteiger partial charge in [0.05, 0.1) is 0 Å². The van der Waals surface area contributed by atoms with Crippen LogP contribution in [0.15, 0.2) is 30.6 Å². The van der Waals surface area contributed by atoms with Crippen LogP contribution in [-0.4, -0.2) is 14.5 Å². The first-order chi connectivity index (χ1) is 6.25. The highest BCUT2D eigenvalue weighted by Gasteiger charge is 2.00. The molecule has 2 rings (SSSR count). The molecule has 0 aliphatic heterocycles. The van der Waals surface area contributed by atoms with Crippen LogP contribution in [0, 0.1) is 6.92 Å². The van der Waals surface area contributed by atoms with Crippen molar-refractivity contribution in [3.8, 4) is 5.95 Å². The number of aromatic nitrogens is 3. The van der Waals surface area contributed by atoms with Gasteiger partial charge >= 0.3 is 0 Å². The minimum absolute atomic E-state index is 0.469. The van der Waals surface area contributed by atoms with E-state index in [1.54, 1.807) is 6.07 Å². The fraction of sp³-hybridized carbons (Fsp3) is 0.111. The Morgan fingerprint density at radius 3 is 2.54 bits per heavy atom. The van der Waals surface area contributed by atoms with Crippen LogP contribution in [0.1, 0.15) is 5.69 Å². The zero-order chi connectivity index (χ0) is 9.26. The summed E-state index contributed by atoms with van der Waals surface area (Å²) in [6.45, 7) is 1.89. The van der Waals surface area contributed by atoms with Crippen molar-refractivity contribution < 1.29 is 0 Å². The lowest BCUT2D eigenvalue weighted by molar-refractivity contribution is 0.918. The molecule has 0 spiro atoms. The molecule has 0 amide bonds. The SMILES string of the molecule is Cc1cc(Cl)nc(-n2cccc2)n1. The van der Waals surface area contributed by atoms with Gasteiger partial charge in [0.2, 0.25) is 5.95 Å². The standard InChI is InChI=1S/C9H8ClN3/c1-7-6-8(10)12-9(11-7)13-4-2-3-5-13/h2-6H,1H3. The van der Waals surface area contributed by atoms with E-state index in [2.05, 4.69) is 9.97 Å². The first-order valence-corrected chi connectivity index (χ1v) is 4.28. The molecule has 2 heterocycles. The van der Waals surface area contributed by atoms with E-state index in [0.717, 1.165) is 5.69 Å². The lowest BCUT2D eigenvalue weighted by Gasteiger charge is -2.01. The van der Waals surface area contributed by atoms with Gasteiger partial charge in [0.25, 0.3) is 0 Å². The van der Waals surface area contributed by atoms with E-state index in [1.165, 1.54) is 0 Å². The predicted molar refractivity (Wildman–Crippen MR) is 51.1 cm³/mol. The fourth-order valence-corrected chi connectivity index (χ4v) is 1.33. The molecule has 0 aromatic carbocycles. The molecule has 0 aliphatic carbocycles. The van der Waals surface area contributed by atoms with Crippen LogP contribution in [0.5, 0.6) is 0 Å². The second-order valence-electron chi connectivity index (χ2n) is 2.72. The van der Waals surface area contributed by atoms with Gasteiger partial charge in [0, 0.05) is 18.1 Å². The molecule has 0 N–H and O–H groups in total. The third-order valence-corrected chi connectivity index (χ3v) is 1.84. The van der Waals surface area contributed by atoms with Gasteiger partial charge in [-0.2, -0.15) is 0 Å². The average Bonchev–Trinajstić information content (AvgIpc) is 2.53. The van der Waals surface area contributed by atoms with Crippen LogP contribution in [0.25, 0.3) is 5.95 Å². The quantitative estimate of drug-likeness (QED) is 0.651. The molecule has 3 nitrogen and oxygen atoms in total. The van der Waals surface area contributed by atoms with Crippen molar-refractivity contribution in [2.75, 3.05) is 0 Å². The number of hydrogen-bond donors (Lipinski definition) is 0. The first kappa shape index (κ1) is 8.26. The van der Waals surface area contributed by atoms with Crippen molar-refractivity contribution in [3.63, 3.8) is 0 Å². The Balaban J connectivity index is 2.53. The molecule has 0 radical (unpaired) electrons. The van der Waals surface area contributed by atoms with Gasteiger partial charge in [-0.05, 0) is 25.1 Å².